The van der Waals surface area contributed by atoms with Crippen molar-refractivity contribution in [2.24, 2.45) is 0 Å². The van der Waals surface area contributed by atoms with E-state index in [0.29, 0.717) is 43.8 Å². The molecule has 10 heteroatoms. The van der Waals surface area contributed by atoms with Gasteiger partial charge < -0.3 is 14.2 Å². The molecule has 176 valence electrons. The van der Waals surface area contributed by atoms with E-state index in [0.717, 1.165) is 24.2 Å². The molecule has 3 aromatic rings. The van der Waals surface area contributed by atoms with Gasteiger partial charge in [0, 0.05) is 31.7 Å². The zero-order valence-corrected chi connectivity index (χ0v) is 18.5. The van der Waals surface area contributed by atoms with E-state index in [1.807, 2.05) is 9.47 Å². The van der Waals surface area contributed by atoms with Gasteiger partial charge in [0.25, 0.3) is 12.0 Å². The van der Waals surface area contributed by atoms with Crippen molar-refractivity contribution in [3.63, 3.8) is 0 Å². The molecular weight excluding hydrogens is 442 g/mol. The highest BCUT2D eigenvalue weighted by molar-refractivity contribution is 5.57. The lowest BCUT2D eigenvalue weighted by atomic mass is 10.1. The van der Waals surface area contributed by atoms with Gasteiger partial charge >= 0.3 is 0 Å². The van der Waals surface area contributed by atoms with Crippen LogP contribution in [0.2, 0.25) is 0 Å². The fourth-order valence-electron chi connectivity index (χ4n) is 4.68. The molecule has 1 fully saturated rings. The Morgan fingerprint density at radius 2 is 2.12 bits per heavy atom. The van der Waals surface area contributed by atoms with Crippen LogP contribution in [0.15, 0.2) is 41.6 Å². The molecule has 0 bridgehead atoms. The Kier molecular flexibility index (Phi) is 6.11. The molecular formula is C24H24F2N6O2. The minimum Gasteiger partial charge on any atom is -0.363 e. The number of nitrogens with zero attached hydrogens (tertiary/aromatic N) is 6. The van der Waals surface area contributed by atoms with Gasteiger partial charge in [-0.15, -0.1) is 0 Å². The molecule has 0 N–H and O–H groups in total. The molecule has 8 nitrogen and oxygen atoms in total. The summed E-state index contributed by atoms with van der Waals surface area (Å²) in [5.41, 5.74) is 2.33. The van der Waals surface area contributed by atoms with Crippen molar-refractivity contribution in [2.45, 2.75) is 51.4 Å². The largest absolute Gasteiger partial charge is 0.363 e. The molecule has 0 saturated carbocycles. The van der Waals surface area contributed by atoms with E-state index < -0.39 is 18.2 Å². The maximum absolute atomic E-state index is 13.5. The molecule has 5 rings (SSSR count). The molecule has 1 unspecified atom stereocenters. The van der Waals surface area contributed by atoms with E-state index in [1.165, 1.54) is 10.7 Å². The maximum atomic E-state index is 13.5. The van der Waals surface area contributed by atoms with Gasteiger partial charge in [0.05, 0.1) is 36.1 Å². The van der Waals surface area contributed by atoms with Crippen LogP contribution >= 0.6 is 0 Å². The standard InChI is InChI=1S/C24H24F2N6O2/c25-23(26)17-6-2-1-5-16(17)13-31-15-28-19-8-9-30(14-21(19)31)20-12-29-32(24(33)18(20)11-27)22-7-3-4-10-34-22/h1-2,5-6,12,15,22-23H,3-4,7-10,13-14H2. The highest BCUT2D eigenvalue weighted by Crippen LogP contribution is 2.28. The first-order valence-corrected chi connectivity index (χ1v) is 11.3. The van der Waals surface area contributed by atoms with Crippen LogP contribution in [0.5, 0.6) is 0 Å². The third-order valence-electron chi connectivity index (χ3n) is 6.49. The highest BCUT2D eigenvalue weighted by Gasteiger charge is 2.27. The van der Waals surface area contributed by atoms with Crippen LogP contribution in [0, 0.1) is 11.3 Å². The van der Waals surface area contributed by atoms with Crippen molar-refractivity contribution in [1.82, 2.24) is 19.3 Å². The quantitative estimate of drug-likeness (QED) is 0.571. The molecule has 0 aliphatic carbocycles. The second-order valence-corrected chi connectivity index (χ2v) is 8.52. The Labute approximate surface area is 195 Å². The summed E-state index contributed by atoms with van der Waals surface area (Å²) in [4.78, 5) is 19.5. The number of ether oxygens (including phenoxy) is 1. The average Bonchev–Trinajstić information content (AvgIpc) is 3.26. The summed E-state index contributed by atoms with van der Waals surface area (Å²) in [7, 11) is 0. The third kappa shape index (κ3) is 4.07. The van der Waals surface area contributed by atoms with E-state index in [2.05, 4.69) is 16.2 Å². The van der Waals surface area contributed by atoms with Crippen molar-refractivity contribution >= 4 is 5.69 Å². The summed E-state index contributed by atoms with van der Waals surface area (Å²) >= 11 is 0. The zero-order chi connectivity index (χ0) is 23.7. The van der Waals surface area contributed by atoms with Crippen LogP contribution in [0.25, 0.3) is 0 Å². The first-order chi connectivity index (χ1) is 16.6. The Morgan fingerprint density at radius 3 is 2.88 bits per heavy atom. The number of fused-ring (bicyclic) bond motifs is 1. The lowest BCUT2D eigenvalue weighted by molar-refractivity contribution is -0.0425. The third-order valence-corrected chi connectivity index (χ3v) is 6.49. The molecule has 4 heterocycles. The normalized spacial score (nSPS) is 18.1. The number of hydrogen-bond donors (Lipinski definition) is 0. The van der Waals surface area contributed by atoms with Gasteiger partial charge in [-0.25, -0.2) is 13.8 Å². The van der Waals surface area contributed by atoms with Gasteiger partial charge in [-0.3, -0.25) is 4.79 Å². The van der Waals surface area contributed by atoms with Crippen LogP contribution < -0.4 is 10.5 Å². The molecule has 2 aliphatic rings. The summed E-state index contributed by atoms with van der Waals surface area (Å²) < 4.78 is 35.7. The van der Waals surface area contributed by atoms with Gasteiger partial charge in [0.2, 0.25) is 0 Å². The number of anilines is 1. The summed E-state index contributed by atoms with van der Waals surface area (Å²) in [5, 5.41) is 14.1. The predicted molar refractivity (Wildman–Crippen MR) is 120 cm³/mol. The molecule has 1 aromatic carbocycles. The van der Waals surface area contributed by atoms with E-state index in [-0.39, 0.29) is 17.7 Å². The minimum absolute atomic E-state index is 0.00197. The number of hydrogen-bond acceptors (Lipinski definition) is 6. The van der Waals surface area contributed by atoms with Gasteiger partial charge in [-0.1, -0.05) is 24.3 Å². The van der Waals surface area contributed by atoms with E-state index >= 15 is 0 Å². The second-order valence-electron chi connectivity index (χ2n) is 8.52. The Morgan fingerprint density at radius 1 is 1.26 bits per heavy atom. The Bertz CT molecular complexity index is 1290. The molecule has 0 spiro atoms. The fraction of sp³-hybridized carbons (Fsp3) is 0.417. The van der Waals surface area contributed by atoms with Crippen LogP contribution in [-0.2, 0) is 24.2 Å². The summed E-state index contributed by atoms with van der Waals surface area (Å²) in [6.07, 6.45) is 3.38. The van der Waals surface area contributed by atoms with E-state index in [1.54, 1.807) is 30.7 Å². The monoisotopic (exact) mass is 466 g/mol. The second kappa shape index (κ2) is 9.35. The molecule has 2 aliphatic heterocycles. The molecule has 34 heavy (non-hydrogen) atoms. The number of halogens is 2. The molecule has 1 atom stereocenters. The van der Waals surface area contributed by atoms with Crippen LogP contribution in [0.4, 0.5) is 14.5 Å². The van der Waals surface area contributed by atoms with Crippen molar-refractivity contribution in [3.05, 3.63) is 75.2 Å². The smallest absolute Gasteiger partial charge is 0.289 e. The SMILES string of the molecule is N#Cc1c(N2CCc3ncn(Cc4ccccc4C(F)F)c3C2)cnn(C2CCCCO2)c1=O. The zero-order valence-electron chi connectivity index (χ0n) is 18.5. The molecule has 0 radical (unpaired) electrons. The lowest BCUT2D eigenvalue weighted by Gasteiger charge is -2.30. The van der Waals surface area contributed by atoms with E-state index in [9.17, 15) is 18.8 Å². The van der Waals surface area contributed by atoms with E-state index in [4.69, 9.17) is 4.74 Å². The van der Waals surface area contributed by atoms with Gasteiger partial charge in [0.15, 0.2) is 6.23 Å². The number of nitriles is 1. The summed E-state index contributed by atoms with van der Waals surface area (Å²) in [6, 6.07) is 8.53. The first-order valence-electron chi connectivity index (χ1n) is 11.3. The number of imidazole rings is 1. The number of aromatic nitrogens is 4. The Balaban J connectivity index is 1.44. The van der Waals surface area contributed by atoms with Crippen molar-refractivity contribution in [2.75, 3.05) is 18.1 Å². The molecule has 0 amide bonds. The van der Waals surface area contributed by atoms with Gasteiger partial charge in [-0.2, -0.15) is 15.0 Å². The number of alkyl halides is 2. The number of rotatable bonds is 5. The van der Waals surface area contributed by atoms with Crippen LogP contribution in [0.1, 0.15) is 60.0 Å². The van der Waals surface area contributed by atoms with Crippen molar-refractivity contribution in [3.8, 4) is 6.07 Å². The van der Waals surface area contributed by atoms with Crippen molar-refractivity contribution in [1.29, 1.82) is 5.26 Å². The predicted octanol–water partition coefficient (Wildman–Crippen LogP) is 3.56. The Hall–Kier alpha value is -3.58. The highest BCUT2D eigenvalue weighted by atomic mass is 19.3. The summed E-state index contributed by atoms with van der Waals surface area (Å²) in [5.74, 6) is 0. The first kappa shape index (κ1) is 22.2. The topological polar surface area (TPSA) is 89.0 Å². The summed E-state index contributed by atoms with van der Waals surface area (Å²) in [6.45, 7) is 1.79. The molecule has 1 saturated heterocycles. The fourth-order valence-corrected chi connectivity index (χ4v) is 4.68. The lowest BCUT2D eigenvalue weighted by Crippen LogP contribution is -2.37. The van der Waals surface area contributed by atoms with Gasteiger partial charge in [0.1, 0.15) is 11.6 Å². The average molecular weight is 466 g/mol. The minimum atomic E-state index is -2.56. The molecule has 2 aromatic heterocycles. The van der Waals surface area contributed by atoms with Crippen LogP contribution in [-0.4, -0.2) is 32.5 Å². The van der Waals surface area contributed by atoms with Crippen LogP contribution in [0.3, 0.4) is 0 Å². The van der Waals surface area contributed by atoms with Crippen molar-refractivity contribution < 1.29 is 13.5 Å². The van der Waals surface area contributed by atoms with Gasteiger partial charge in [-0.05, 0) is 24.8 Å². The number of benzene rings is 1. The maximum Gasteiger partial charge on any atom is 0.289 e.